The number of thiazole rings is 1. The molecule has 0 atom stereocenters. The Morgan fingerprint density at radius 3 is 2.45 bits per heavy atom. The Hall–Kier alpha value is -2.88. The van der Waals surface area contributed by atoms with Crippen LogP contribution in [0.5, 0.6) is 0 Å². The SMILES string of the molecule is Cc1ccccc1N(CC(=O)NCCSc1nc2ccccc2s1)S(=O)(=O)c1ccccc1. The van der Waals surface area contributed by atoms with Crippen LogP contribution in [0.4, 0.5) is 5.69 Å². The summed E-state index contributed by atoms with van der Waals surface area (Å²) in [5.41, 5.74) is 2.23. The molecule has 0 saturated heterocycles. The number of carbonyl (C=O) groups excluding carboxylic acids is 1. The number of hydrogen-bond acceptors (Lipinski definition) is 6. The minimum atomic E-state index is -3.90. The molecule has 0 aliphatic carbocycles. The Morgan fingerprint density at radius 1 is 1.00 bits per heavy atom. The highest BCUT2D eigenvalue weighted by Gasteiger charge is 2.27. The first-order chi connectivity index (χ1) is 15.9. The lowest BCUT2D eigenvalue weighted by molar-refractivity contribution is -0.119. The van der Waals surface area contributed by atoms with Crippen molar-refractivity contribution in [3.05, 3.63) is 84.4 Å². The van der Waals surface area contributed by atoms with Crippen molar-refractivity contribution < 1.29 is 13.2 Å². The molecule has 0 unspecified atom stereocenters. The van der Waals surface area contributed by atoms with Crippen molar-refractivity contribution in [2.24, 2.45) is 0 Å². The maximum atomic E-state index is 13.4. The van der Waals surface area contributed by atoms with Gasteiger partial charge in [0.15, 0.2) is 4.34 Å². The van der Waals surface area contributed by atoms with Gasteiger partial charge < -0.3 is 5.32 Å². The number of nitrogens with one attached hydrogen (secondary N) is 1. The molecule has 0 fully saturated rings. The van der Waals surface area contributed by atoms with E-state index in [4.69, 9.17) is 0 Å². The molecule has 6 nitrogen and oxygen atoms in total. The maximum Gasteiger partial charge on any atom is 0.264 e. The number of nitrogens with zero attached hydrogens (tertiary/aromatic N) is 2. The van der Waals surface area contributed by atoms with Crippen LogP contribution >= 0.6 is 23.1 Å². The molecule has 9 heteroatoms. The third kappa shape index (κ3) is 5.55. The van der Waals surface area contributed by atoms with Gasteiger partial charge in [0.05, 0.1) is 20.8 Å². The van der Waals surface area contributed by atoms with Gasteiger partial charge in [0, 0.05) is 12.3 Å². The van der Waals surface area contributed by atoms with Crippen molar-refractivity contribution in [2.45, 2.75) is 16.2 Å². The van der Waals surface area contributed by atoms with Crippen LogP contribution in [0.25, 0.3) is 10.2 Å². The first kappa shape index (κ1) is 23.3. The van der Waals surface area contributed by atoms with Crippen LogP contribution in [0.3, 0.4) is 0 Å². The van der Waals surface area contributed by atoms with E-state index in [1.54, 1.807) is 53.4 Å². The highest BCUT2D eigenvalue weighted by atomic mass is 32.2. The zero-order valence-corrected chi connectivity index (χ0v) is 20.4. The van der Waals surface area contributed by atoms with E-state index in [2.05, 4.69) is 10.3 Å². The van der Waals surface area contributed by atoms with Gasteiger partial charge in [-0.15, -0.1) is 11.3 Å². The molecular formula is C24H23N3O3S3. The fourth-order valence-corrected chi connectivity index (χ4v) is 6.79. The number of benzene rings is 3. The van der Waals surface area contributed by atoms with Crippen molar-refractivity contribution >= 4 is 54.9 Å². The largest absolute Gasteiger partial charge is 0.354 e. The monoisotopic (exact) mass is 497 g/mol. The summed E-state index contributed by atoms with van der Waals surface area (Å²) in [6.07, 6.45) is 0. The normalized spacial score (nSPS) is 11.4. The molecule has 170 valence electrons. The number of thioether (sulfide) groups is 1. The van der Waals surface area contributed by atoms with E-state index in [-0.39, 0.29) is 17.3 Å². The maximum absolute atomic E-state index is 13.4. The third-order valence-corrected chi connectivity index (χ3v) is 8.88. The highest BCUT2D eigenvalue weighted by Crippen LogP contribution is 2.29. The summed E-state index contributed by atoms with van der Waals surface area (Å²) in [6, 6.07) is 23.3. The number of sulfonamides is 1. The quantitative estimate of drug-likeness (QED) is 0.268. The van der Waals surface area contributed by atoms with Gasteiger partial charge in [0.25, 0.3) is 10.0 Å². The van der Waals surface area contributed by atoms with Gasteiger partial charge >= 0.3 is 0 Å². The molecule has 0 bridgehead atoms. The van der Waals surface area contributed by atoms with Gasteiger partial charge in [0.2, 0.25) is 5.91 Å². The predicted molar refractivity (Wildman–Crippen MR) is 136 cm³/mol. The molecule has 1 N–H and O–H groups in total. The van der Waals surface area contributed by atoms with E-state index in [9.17, 15) is 13.2 Å². The van der Waals surface area contributed by atoms with Crippen LogP contribution in [-0.2, 0) is 14.8 Å². The fourth-order valence-electron chi connectivity index (χ4n) is 3.29. The van der Waals surface area contributed by atoms with Crippen LogP contribution in [0.1, 0.15) is 5.56 Å². The van der Waals surface area contributed by atoms with Crippen LogP contribution in [-0.4, -0.2) is 38.2 Å². The van der Waals surface area contributed by atoms with E-state index < -0.39 is 10.0 Å². The number of fused-ring (bicyclic) bond motifs is 1. The second-order valence-corrected chi connectivity index (χ2v) is 11.5. The number of carbonyl (C=O) groups is 1. The number of para-hydroxylation sites is 2. The van der Waals surface area contributed by atoms with Gasteiger partial charge in [-0.1, -0.05) is 60.3 Å². The Morgan fingerprint density at radius 2 is 1.70 bits per heavy atom. The lowest BCUT2D eigenvalue weighted by Crippen LogP contribution is -2.41. The van der Waals surface area contributed by atoms with E-state index in [0.29, 0.717) is 18.0 Å². The number of rotatable bonds is 9. The Balaban J connectivity index is 1.42. The summed E-state index contributed by atoms with van der Waals surface area (Å²) in [4.78, 5) is 17.4. The topological polar surface area (TPSA) is 79.4 Å². The fraction of sp³-hybridized carbons (Fsp3) is 0.167. The number of amides is 1. The van der Waals surface area contributed by atoms with Gasteiger partial charge in [-0.2, -0.15) is 0 Å². The smallest absolute Gasteiger partial charge is 0.264 e. The molecule has 1 amide bonds. The molecule has 1 aromatic heterocycles. The van der Waals surface area contributed by atoms with Crippen LogP contribution < -0.4 is 9.62 Å². The van der Waals surface area contributed by atoms with Crippen LogP contribution in [0.2, 0.25) is 0 Å². The number of aryl methyl sites for hydroxylation is 1. The van der Waals surface area contributed by atoms with E-state index in [0.717, 1.165) is 20.1 Å². The lowest BCUT2D eigenvalue weighted by atomic mass is 10.2. The van der Waals surface area contributed by atoms with Gasteiger partial charge in [0.1, 0.15) is 6.54 Å². The molecule has 0 saturated carbocycles. The van der Waals surface area contributed by atoms with Crippen molar-refractivity contribution in [3.63, 3.8) is 0 Å². The zero-order valence-electron chi connectivity index (χ0n) is 18.0. The van der Waals surface area contributed by atoms with E-state index in [1.165, 1.54) is 16.4 Å². The van der Waals surface area contributed by atoms with Crippen molar-refractivity contribution in [2.75, 3.05) is 23.1 Å². The molecule has 0 spiro atoms. The molecule has 0 aliphatic rings. The molecular weight excluding hydrogens is 474 g/mol. The molecule has 4 aromatic rings. The average Bonchev–Trinajstić information content (AvgIpc) is 3.24. The van der Waals surface area contributed by atoms with Crippen molar-refractivity contribution in [1.29, 1.82) is 0 Å². The molecule has 33 heavy (non-hydrogen) atoms. The summed E-state index contributed by atoms with van der Waals surface area (Å²) >= 11 is 3.19. The number of anilines is 1. The van der Waals surface area contributed by atoms with Crippen molar-refractivity contribution in [3.8, 4) is 0 Å². The number of aromatic nitrogens is 1. The number of hydrogen-bond donors (Lipinski definition) is 1. The molecule has 3 aromatic carbocycles. The first-order valence-electron chi connectivity index (χ1n) is 10.3. The zero-order chi connectivity index (χ0) is 23.3. The van der Waals surface area contributed by atoms with Gasteiger partial charge in [-0.3, -0.25) is 9.10 Å². The highest BCUT2D eigenvalue weighted by molar-refractivity contribution is 8.01. The van der Waals surface area contributed by atoms with Crippen LogP contribution in [0.15, 0.2) is 88.1 Å². The predicted octanol–water partition coefficient (Wildman–Crippen LogP) is 4.71. The lowest BCUT2D eigenvalue weighted by Gasteiger charge is -2.25. The van der Waals surface area contributed by atoms with E-state index in [1.807, 2.05) is 43.3 Å². The summed E-state index contributed by atoms with van der Waals surface area (Å²) in [6.45, 7) is 1.94. The first-order valence-corrected chi connectivity index (χ1v) is 13.6. The third-order valence-electron chi connectivity index (χ3n) is 4.93. The van der Waals surface area contributed by atoms with E-state index >= 15 is 0 Å². The Bertz CT molecular complexity index is 1320. The van der Waals surface area contributed by atoms with Gasteiger partial charge in [-0.25, -0.2) is 13.4 Å². The molecule has 0 aliphatic heterocycles. The minimum Gasteiger partial charge on any atom is -0.354 e. The van der Waals surface area contributed by atoms with Gasteiger partial charge in [-0.05, 0) is 42.8 Å². The van der Waals surface area contributed by atoms with Crippen molar-refractivity contribution in [1.82, 2.24) is 10.3 Å². The summed E-state index contributed by atoms with van der Waals surface area (Å²) in [5, 5.41) is 2.84. The Labute approximate surface area is 201 Å². The summed E-state index contributed by atoms with van der Waals surface area (Å²) < 4.78 is 30.0. The molecule has 1 heterocycles. The molecule has 4 rings (SSSR count). The Kier molecular flexibility index (Phi) is 7.32. The summed E-state index contributed by atoms with van der Waals surface area (Å²) in [5.74, 6) is 0.282. The minimum absolute atomic E-state index is 0.146. The van der Waals surface area contributed by atoms with Crippen LogP contribution in [0, 0.1) is 6.92 Å². The average molecular weight is 498 g/mol. The standard InChI is InChI=1S/C24H23N3O3S3/c1-18-9-5-7-13-21(18)27(33(29,30)19-10-3-2-4-11-19)17-23(28)25-15-16-31-24-26-20-12-6-8-14-22(20)32-24/h2-14H,15-17H2,1H3,(H,25,28). The summed E-state index contributed by atoms with van der Waals surface area (Å²) in [7, 11) is -3.90. The second kappa shape index (κ2) is 10.4. The molecule has 0 radical (unpaired) electrons. The second-order valence-electron chi connectivity index (χ2n) is 7.26.